The summed E-state index contributed by atoms with van der Waals surface area (Å²) in [6.45, 7) is 10.1. The van der Waals surface area contributed by atoms with Crippen molar-refractivity contribution in [2.24, 2.45) is 0 Å². The largest absolute Gasteiger partial charge is 0.346 e. The highest BCUT2D eigenvalue weighted by atomic mass is 32.1. The standard InChI is InChI=1S/C13H20N4S/c1-9(2)10-7-12(18)15-13(14-10)11-8-16-3-5-17(11)6-4-16/h7,9,11H,3-6,8H2,1-2H3,(H,14,15,18). The Morgan fingerprint density at radius 2 is 2.06 bits per heavy atom. The number of aromatic amines is 1. The van der Waals surface area contributed by atoms with Gasteiger partial charge in [0.05, 0.1) is 6.04 Å². The average molecular weight is 264 g/mol. The van der Waals surface area contributed by atoms with E-state index >= 15 is 0 Å². The van der Waals surface area contributed by atoms with Gasteiger partial charge in [-0.2, -0.15) is 0 Å². The van der Waals surface area contributed by atoms with Gasteiger partial charge in [-0.05, 0) is 12.0 Å². The van der Waals surface area contributed by atoms with Gasteiger partial charge in [0.1, 0.15) is 10.5 Å². The van der Waals surface area contributed by atoms with Gasteiger partial charge in [0.15, 0.2) is 0 Å². The molecule has 4 rings (SSSR count). The zero-order valence-electron chi connectivity index (χ0n) is 11.0. The SMILES string of the molecule is CC(C)c1cc(=S)nc(C2CN3CCN2CC3)[nH]1. The van der Waals surface area contributed by atoms with Crippen molar-refractivity contribution in [1.29, 1.82) is 0 Å². The van der Waals surface area contributed by atoms with Crippen molar-refractivity contribution in [3.63, 3.8) is 0 Å². The van der Waals surface area contributed by atoms with Gasteiger partial charge in [0, 0.05) is 38.4 Å². The minimum absolute atomic E-state index is 0.396. The van der Waals surface area contributed by atoms with E-state index in [-0.39, 0.29) is 0 Å². The minimum Gasteiger partial charge on any atom is -0.346 e. The first-order valence-electron chi connectivity index (χ1n) is 6.71. The number of fused-ring (bicyclic) bond motifs is 3. The number of hydrogen-bond acceptors (Lipinski definition) is 4. The van der Waals surface area contributed by atoms with E-state index in [1.165, 1.54) is 18.8 Å². The molecule has 5 heteroatoms. The fraction of sp³-hybridized carbons (Fsp3) is 0.692. The highest BCUT2D eigenvalue weighted by Crippen LogP contribution is 2.27. The third-order valence-corrected chi connectivity index (χ3v) is 4.21. The molecule has 1 aromatic heterocycles. The van der Waals surface area contributed by atoms with Crippen LogP contribution in [0.1, 0.15) is 37.3 Å². The smallest absolute Gasteiger partial charge is 0.130 e. The molecule has 0 radical (unpaired) electrons. The van der Waals surface area contributed by atoms with Crippen LogP contribution >= 0.6 is 12.2 Å². The van der Waals surface area contributed by atoms with E-state index in [4.69, 9.17) is 12.2 Å². The van der Waals surface area contributed by atoms with Crippen molar-refractivity contribution < 1.29 is 0 Å². The van der Waals surface area contributed by atoms with Crippen LogP contribution < -0.4 is 0 Å². The molecule has 1 unspecified atom stereocenters. The molecule has 0 amide bonds. The number of H-pyrrole nitrogens is 1. The van der Waals surface area contributed by atoms with E-state index < -0.39 is 0 Å². The van der Waals surface area contributed by atoms with E-state index in [9.17, 15) is 0 Å². The van der Waals surface area contributed by atoms with Crippen molar-refractivity contribution >= 4 is 12.2 Å². The molecule has 3 aliphatic heterocycles. The average Bonchev–Trinajstić information content (AvgIpc) is 2.39. The molecule has 1 N–H and O–H groups in total. The number of nitrogens with zero attached hydrogens (tertiary/aromatic N) is 3. The molecule has 1 aromatic rings. The molecule has 18 heavy (non-hydrogen) atoms. The normalized spacial score (nSPS) is 30.9. The highest BCUT2D eigenvalue weighted by molar-refractivity contribution is 7.71. The molecule has 0 aromatic carbocycles. The molecule has 2 bridgehead atoms. The number of aromatic nitrogens is 2. The molecule has 4 heterocycles. The molecule has 98 valence electrons. The Bertz CT molecular complexity index is 488. The minimum atomic E-state index is 0.396. The van der Waals surface area contributed by atoms with Gasteiger partial charge >= 0.3 is 0 Å². The second-order valence-electron chi connectivity index (χ2n) is 5.57. The lowest BCUT2D eigenvalue weighted by Crippen LogP contribution is -2.57. The summed E-state index contributed by atoms with van der Waals surface area (Å²) in [5.74, 6) is 1.51. The van der Waals surface area contributed by atoms with Gasteiger partial charge in [-0.1, -0.05) is 26.1 Å². The molecule has 0 aliphatic carbocycles. The fourth-order valence-corrected chi connectivity index (χ4v) is 3.07. The van der Waals surface area contributed by atoms with Crippen LogP contribution in [0, 0.1) is 4.64 Å². The van der Waals surface area contributed by atoms with E-state index in [0.29, 0.717) is 16.6 Å². The third-order valence-electron chi connectivity index (χ3n) is 4.00. The van der Waals surface area contributed by atoms with Crippen LogP contribution in [0.2, 0.25) is 0 Å². The topological polar surface area (TPSA) is 35.2 Å². The summed E-state index contributed by atoms with van der Waals surface area (Å²) in [5.41, 5.74) is 1.20. The maximum atomic E-state index is 5.30. The van der Waals surface area contributed by atoms with E-state index in [0.717, 1.165) is 25.5 Å². The van der Waals surface area contributed by atoms with Crippen molar-refractivity contribution in [3.8, 4) is 0 Å². The van der Waals surface area contributed by atoms with Gasteiger partial charge in [-0.15, -0.1) is 0 Å². The van der Waals surface area contributed by atoms with Crippen molar-refractivity contribution in [2.45, 2.75) is 25.8 Å². The second-order valence-corrected chi connectivity index (χ2v) is 5.99. The highest BCUT2D eigenvalue weighted by Gasteiger charge is 2.34. The second kappa shape index (κ2) is 4.72. The summed E-state index contributed by atoms with van der Waals surface area (Å²) >= 11 is 5.30. The van der Waals surface area contributed by atoms with Crippen LogP contribution in [0.5, 0.6) is 0 Å². The first-order valence-corrected chi connectivity index (χ1v) is 7.12. The van der Waals surface area contributed by atoms with E-state index in [2.05, 4.69) is 33.6 Å². The molecular weight excluding hydrogens is 244 g/mol. The predicted octanol–water partition coefficient (Wildman–Crippen LogP) is 1.93. The number of piperazine rings is 3. The fourth-order valence-electron chi connectivity index (χ4n) is 2.84. The lowest BCUT2D eigenvalue weighted by molar-refractivity contribution is 0.00850. The summed E-state index contributed by atoms with van der Waals surface area (Å²) in [5, 5.41) is 0. The predicted molar refractivity (Wildman–Crippen MR) is 74.3 cm³/mol. The number of nitrogens with one attached hydrogen (secondary N) is 1. The van der Waals surface area contributed by atoms with Crippen LogP contribution in [0.15, 0.2) is 6.07 Å². The number of rotatable bonds is 2. The molecule has 3 fully saturated rings. The molecule has 1 atom stereocenters. The van der Waals surface area contributed by atoms with E-state index in [1.807, 2.05) is 6.07 Å². The molecule has 3 aliphatic rings. The van der Waals surface area contributed by atoms with E-state index in [1.54, 1.807) is 0 Å². The first kappa shape index (κ1) is 12.3. The lowest BCUT2D eigenvalue weighted by atomic mass is 10.1. The molecule has 0 saturated carbocycles. The Morgan fingerprint density at radius 3 is 2.61 bits per heavy atom. The first-order chi connectivity index (χ1) is 8.63. The van der Waals surface area contributed by atoms with Crippen molar-refractivity contribution in [2.75, 3.05) is 32.7 Å². The molecule has 0 spiro atoms. The van der Waals surface area contributed by atoms with Gasteiger partial charge < -0.3 is 4.98 Å². The summed E-state index contributed by atoms with van der Waals surface area (Å²) in [4.78, 5) is 13.1. The van der Waals surface area contributed by atoms with Gasteiger partial charge in [0.2, 0.25) is 0 Å². The maximum absolute atomic E-state index is 5.30. The van der Waals surface area contributed by atoms with Crippen LogP contribution in [0.4, 0.5) is 0 Å². The molecule has 3 saturated heterocycles. The third kappa shape index (κ3) is 2.22. The Kier molecular flexibility index (Phi) is 3.21. The summed E-state index contributed by atoms with van der Waals surface area (Å²) in [6.07, 6.45) is 0. The van der Waals surface area contributed by atoms with Gasteiger partial charge in [-0.25, -0.2) is 4.98 Å². The number of hydrogen-bond donors (Lipinski definition) is 1. The zero-order valence-corrected chi connectivity index (χ0v) is 11.8. The van der Waals surface area contributed by atoms with Crippen molar-refractivity contribution in [1.82, 2.24) is 19.8 Å². The Hall–Kier alpha value is -0.780. The van der Waals surface area contributed by atoms with Crippen LogP contribution in [0.25, 0.3) is 0 Å². The van der Waals surface area contributed by atoms with Gasteiger partial charge in [-0.3, -0.25) is 9.80 Å². The summed E-state index contributed by atoms with van der Waals surface area (Å²) in [6, 6.07) is 2.38. The Morgan fingerprint density at radius 1 is 1.33 bits per heavy atom. The monoisotopic (exact) mass is 264 g/mol. The Balaban J connectivity index is 1.94. The lowest BCUT2D eigenvalue weighted by Gasteiger charge is -2.46. The van der Waals surface area contributed by atoms with Crippen molar-refractivity contribution in [3.05, 3.63) is 22.2 Å². The van der Waals surface area contributed by atoms with Gasteiger partial charge in [0.25, 0.3) is 0 Å². The Labute approximate surface area is 113 Å². The summed E-state index contributed by atoms with van der Waals surface area (Å²) in [7, 11) is 0. The summed E-state index contributed by atoms with van der Waals surface area (Å²) < 4.78 is 0.713. The van der Waals surface area contributed by atoms with Crippen LogP contribution in [-0.2, 0) is 0 Å². The molecule has 4 nitrogen and oxygen atoms in total. The maximum Gasteiger partial charge on any atom is 0.130 e. The van der Waals surface area contributed by atoms with Crippen LogP contribution in [-0.4, -0.2) is 52.5 Å². The quantitative estimate of drug-likeness (QED) is 0.828. The molecular formula is C13H20N4S. The van der Waals surface area contributed by atoms with Crippen LogP contribution in [0.3, 0.4) is 0 Å². The zero-order chi connectivity index (χ0) is 12.7.